The van der Waals surface area contributed by atoms with Crippen LogP contribution in [0.3, 0.4) is 0 Å². The number of anilines is 1. The fraction of sp³-hybridized carbons (Fsp3) is 0.333. The van der Waals surface area contributed by atoms with Crippen molar-refractivity contribution >= 4 is 28.1 Å². The fourth-order valence-corrected chi connectivity index (χ4v) is 3.41. The Morgan fingerprint density at radius 2 is 1.94 bits per heavy atom. The standard InChI is InChI=1S/C15H16ClNO/c1-8(16)14-9(2)17-12-7-13(18)10-5-3-4-6-11(10)15(12)14/h3-9,14,17-18H,1-2H3/t8?,9-,14?/m0/s1. The monoisotopic (exact) mass is 261 g/mol. The number of halogens is 1. The van der Waals surface area contributed by atoms with Crippen LogP contribution in [-0.2, 0) is 0 Å². The van der Waals surface area contributed by atoms with Crippen LogP contribution in [0.15, 0.2) is 30.3 Å². The summed E-state index contributed by atoms with van der Waals surface area (Å²) < 4.78 is 0. The third kappa shape index (κ3) is 1.56. The van der Waals surface area contributed by atoms with E-state index in [1.165, 1.54) is 5.56 Å². The number of phenols is 1. The molecule has 94 valence electrons. The Labute approximate surface area is 112 Å². The van der Waals surface area contributed by atoms with Gasteiger partial charge in [-0.2, -0.15) is 0 Å². The predicted molar refractivity (Wildman–Crippen MR) is 76.8 cm³/mol. The van der Waals surface area contributed by atoms with E-state index >= 15 is 0 Å². The van der Waals surface area contributed by atoms with E-state index in [2.05, 4.69) is 18.3 Å². The molecule has 0 saturated heterocycles. The first-order valence-electron chi connectivity index (χ1n) is 6.25. The summed E-state index contributed by atoms with van der Waals surface area (Å²) in [5, 5.41) is 15.5. The number of alkyl halides is 1. The summed E-state index contributed by atoms with van der Waals surface area (Å²) in [4.78, 5) is 0. The molecule has 0 radical (unpaired) electrons. The first-order chi connectivity index (χ1) is 8.59. The van der Waals surface area contributed by atoms with Gasteiger partial charge in [0.2, 0.25) is 0 Å². The van der Waals surface area contributed by atoms with Crippen molar-refractivity contribution in [3.8, 4) is 5.75 Å². The molecule has 0 aromatic heterocycles. The van der Waals surface area contributed by atoms with Gasteiger partial charge in [0.25, 0.3) is 0 Å². The minimum atomic E-state index is 0.0571. The van der Waals surface area contributed by atoms with E-state index in [0.29, 0.717) is 5.75 Å². The zero-order valence-electron chi connectivity index (χ0n) is 10.4. The Morgan fingerprint density at radius 3 is 2.61 bits per heavy atom. The molecule has 2 unspecified atom stereocenters. The first-order valence-corrected chi connectivity index (χ1v) is 6.68. The van der Waals surface area contributed by atoms with Crippen LogP contribution in [0.2, 0.25) is 0 Å². The Hall–Kier alpha value is -1.41. The lowest BCUT2D eigenvalue weighted by molar-refractivity contribution is 0.482. The highest BCUT2D eigenvalue weighted by atomic mass is 35.5. The van der Waals surface area contributed by atoms with E-state index in [9.17, 15) is 5.11 Å². The molecule has 0 fully saturated rings. The Balaban J connectivity index is 2.34. The van der Waals surface area contributed by atoms with Crippen molar-refractivity contribution in [1.29, 1.82) is 0 Å². The minimum Gasteiger partial charge on any atom is -0.507 e. The quantitative estimate of drug-likeness (QED) is 0.759. The van der Waals surface area contributed by atoms with Gasteiger partial charge in [0.1, 0.15) is 5.75 Å². The van der Waals surface area contributed by atoms with E-state index < -0.39 is 0 Å². The molecule has 0 spiro atoms. The molecule has 2 nitrogen and oxygen atoms in total. The molecule has 1 aliphatic heterocycles. The van der Waals surface area contributed by atoms with Crippen LogP contribution in [0.25, 0.3) is 10.8 Å². The Bertz CT molecular complexity index is 609. The zero-order valence-corrected chi connectivity index (χ0v) is 11.2. The number of fused-ring (bicyclic) bond motifs is 3. The van der Waals surface area contributed by atoms with Crippen molar-refractivity contribution in [2.75, 3.05) is 5.32 Å². The normalized spacial score (nSPS) is 23.7. The summed E-state index contributed by atoms with van der Waals surface area (Å²) in [6.45, 7) is 4.16. The molecule has 0 amide bonds. The largest absolute Gasteiger partial charge is 0.507 e. The second-order valence-electron chi connectivity index (χ2n) is 5.04. The van der Waals surface area contributed by atoms with Gasteiger partial charge in [0.15, 0.2) is 0 Å². The van der Waals surface area contributed by atoms with Crippen molar-refractivity contribution in [2.24, 2.45) is 0 Å². The van der Waals surface area contributed by atoms with Crippen LogP contribution in [0.4, 0.5) is 5.69 Å². The molecular weight excluding hydrogens is 246 g/mol. The maximum Gasteiger partial charge on any atom is 0.125 e. The SMILES string of the molecule is CC(Cl)C1c2c(cc(O)c3ccccc23)N[C@H]1C. The number of rotatable bonds is 1. The highest BCUT2D eigenvalue weighted by Gasteiger charge is 2.34. The number of aromatic hydroxyl groups is 1. The summed E-state index contributed by atoms with van der Waals surface area (Å²) in [6.07, 6.45) is 0. The topological polar surface area (TPSA) is 32.3 Å². The Kier molecular flexibility index (Phi) is 2.63. The van der Waals surface area contributed by atoms with Crippen LogP contribution < -0.4 is 5.32 Å². The van der Waals surface area contributed by atoms with Gasteiger partial charge < -0.3 is 10.4 Å². The molecule has 2 N–H and O–H groups in total. The van der Waals surface area contributed by atoms with E-state index in [1.807, 2.05) is 31.2 Å². The fourth-order valence-electron chi connectivity index (χ4n) is 3.07. The van der Waals surface area contributed by atoms with Gasteiger partial charge in [-0.25, -0.2) is 0 Å². The molecule has 2 aromatic carbocycles. The average molecular weight is 262 g/mol. The van der Waals surface area contributed by atoms with Crippen molar-refractivity contribution in [1.82, 2.24) is 0 Å². The number of nitrogens with one attached hydrogen (secondary N) is 1. The minimum absolute atomic E-state index is 0.0571. The maximum absolute atomic E-state index is 10.1. The lowest BCUT2D eigenvalue weighted by atomic mass is 9.89. The highest BCUT2D eigenvalue weighted by Crippen LogP contribution is 2.46. The predicted octanol–water partition coefficient (Wildman–Crippen LogP) is 4.07. The molecule has 0 bridgehead atoms. The van der Waals surface area contributed by atoms with Crippen LogP contribution >= 0.6 is 11.6 Å². The van der Waals surface area contributed by atoms with Gasteiger partial charge in [0.05, 0.1) is 0 Å². The molecule has 0 aliphatic carbocycles. The van der Waals surface area contributed by atoms with E-state index in [-0.39, 0.29) is 17.3 Å². The second-order valence-corrected chi connectivity index (χ2v) is 5.73. The molecule has 18 heavy (non-hydrogen) atoms. The molecule has 3 heteroatoms. The van der Waals surface area contributed by atoms with E-state index in [0.717, 1.165) is 16.5 Å². The number of phenolic OH excluding ortho intramolecular Hbond substituents is 1. The third-order valence-corrected chi connectivity index (χ3v) is 4.09. The lowest BCUT2D eigenvalue weighted by Crippen LogP contribution is -2.22. The van der Waals surface area contributed by atoms with Crippen LogP contribution in [0.1, 0.15) is 25.3 Å². The van der Waals surface area contributed by atoms with Gasteiger partial charge >= 0.3 is 0 Å². The summed E-state index contributed by atoms with van der Waals surface area (Å²) in [7, 11) is 0. The molecular formula is C15H16ClNO. The molecule has 0 saturated carbocycles. The summed E-state index contributed by atoms with van der Waals surface area (Å²) in [5.41, 5.74) is 2.24. The summed E-state index contributed by atoms with van der Waals surface area (Å²) in [6, 6.07) is 10.1. The van der Waals surface area contributed by atoms with E-state index in [4.69, 9.17) is 11.6 Å². The summed E-state index contributed by atoms with van der Waals surface area (Å²) in [5.74, 6) is 0.596. The number of benzene rings is 2. The van der Waals surface area contributed by atoms with E-state index in [1.54, 1.807) is 0 Å². The number of hydrogen-bond donors (Lipinski definition) is 2. The molecule has 1 heterocycles. The van der Waals surface area contributed by atoms with Crippen molar-refractivity contribution < 1.29 is 5.11 Å². The lowest BCUT2D eigenvalue weighted by Gasteiger charge is -2.19. The van der Waals surface area contributed by atoms with Crippen LogP contribution in [0, 0.1) is 0 Å². The second kappa shape index (κ2) is 4.06. The molecule has 2 aromatic rings. The zero-order chi connectivity index (χ0) is 12.9. The van der Waals surface area contributed by atoms with Crippen molar-refractivity contribution in [3.63, 3.8) is 0 Å². The average Bonchev–Trinajstić information content (AvgIpc) is 2.66. The van der Waals surface area contributed by atoms with Crippen molar-refractivity contribution in [3.05, 3.63) is 35.9 Å². The third-order valence-electron chi connectivity index (χ3n) is 3.81. The Morgan fingerprint density at radius 1 is 1.28 bits per heavy atom. The molecule has 1 aliphatic rings. The van der Waals surface area contributed by atoms with Crippen LogP contribution in [0.5, 0.6) is 5.75 Å². The smallest absolute Gasteiger partial charge is 0.125 e. The van der Waals surface area contributed by atoms with Gasteiger partial charge in [-0.1, -0.05) is 24.3 Å². The maximum atomic E-state index is 10.1. The van der Waals surface area contributed by atoms with Gasteiger partial charge in [-0.3, -0.25) is 0 Å². The first kappa shape index (κ1) is 11.7. The van der Waals surface area contributed by atoms with Gasteiger partial charge in [0, 0.05) is 34.5 Å². The van der Waals surface area contributed by atoms with Gasteiger partial charge in [-0.15, -0.1) is 11.6 Å². The molecule has 3 atom stereocenters. The number of hydrogen-bond acceptors (Lipinski definition) is 2. The van der Waals surface area contributed by atoms with Crippen molar-refractivity contribution in [2.45, 2.75) is 31.2 Å². The van der Waals surface area contributed by atoms with Gasteiger partial charge in [-0.05, 0) is 24.8 Å². The summed E-state index contributed by atoms with van der Waals surface area (Å²) >= 11 is 6.34. The molecule has 3 rings (SSSR count). The van der Waals surface area contributed by atoms with Crippen LogP contribution in [-0.4, -0.2) is 16.5 Å². The highest BCUT2D eigenvalue weighted by molar-refractivity contribution is 6.21.